The van der Waals surface area contributed by atoms with Gasteiger partial charge in [0.1, 0.15) is 31.6 Å². The molecule has 0 saturated heterocycles. The monoisotopic (exact) mass is 719 g/mol. The number of halogens is 1. The summed E-state index contributed by atoms with van der Waals surface area (Å²) >= 11 is 5.47. The van der Waals surface area contributed by atoms with Gasteiger partial charge in [-0.25, -0.2) is 0 Å². The Morgan fingerprint density at radius 1 is 0.600 bits per heavy atom. The Bertz CT molecular complexity index is 1100. The molecule has 0 aliphatic heterocycles. The first-order valence-electron chi connectivity index (χ1n) is 18.6. The van der Waals surface area contributed by atoms with Gasteiger partial charge in [-0.2, -0.15) is 0 Å². The maximum Gasteiger partial charge on any atom is 0.118 e. The summed E-state index contributed by atoms with van der Waals surface area (Å²) in [5, 5.41) is 0. The van der Waals surface area contributed by atoms with E-state index >= 15 is 0 Å². The molecule has 0 bridgehead atoms. The molecule has 8 heteroatoms. The lowest BCUT2D eigenvalue weighted by atomic mass is 10.0. The smallest absolute Gasteiger partial charge is 0.118 e. The first-order chi connectivity index (χ1) is 23.9. The van der Waals surface area contributed by atoms with Crippen LogP contribution in [0.4, 0.5) is 0 Å². The summed E-state index contributed by atoms with van der Waals surface area (Å²) in [5.74, 6) is 0.753. The zero-order chi connectivity index (χ0) is 36.9. The fourth-order valence-corrected chi connectivity index (χ4v) is 5.38. The average molecular weight is 719 g/mol. The van der Waals surface area contributed by atoms with E-state index in [1.165, 1.54) is 11.1 Å². The van der Waals surface area contributed by atoms with Crippen molar-refractivity contribution in [3.63, 3.8) is 0 Å². The molecule has 50 heavy (non-hydrogen) atoms. The minimum Gasteiger partial charge on any atom is -0.498 e. The third kappa shape index (κ3) is 28.0. The second-order valence-corrected chi connectivity index (χ2v) is 15.3. The third-order valence-corrected chi connectivity index (χ3v) is 8.27. The summed E-state index contributed by atoms with van der Waals surface area (Å²) in [6.07, 6.45) is 16.2. The van der Waals surface area contributed by atoms with Crippen molar-refractivity contribution in [2.45, 2.75) is 89.9 Å². The van der Waals surface area contributed by atoms with Gasteiger partial charge in [-0.15, -0.1) is 11.6 Å². The number of benzene rings is 2. The molecule has 0 aromatic heterocycles. The summed E-state index contributed by atoms with van der Waals surface area (Å²) in [6.45, 7) is 8.45. The van der Waals surface area contributed by atoms with Crippen molar-refractivity contribution in [3.05, 3.63) is 96.8 Å². The van der Waals surface area contributed by atoms with Crippen molar-refractivity contribution in [1.29, 1.82) is 0 Å². The van der Waals surface area contributed by atoms with E-state index < -0.39 is 0 Å². The summed E-state index contributed by atoms with van der Waals surface area (Å²) in [4.78, 5) is 0. The van der Waals surface area contributed by atoms with Crippen molar-refractivity contribution < 1.29 is 32.7 Å². The Morgan fingerprint density at radius 3 is 1.54 bits per heavy atom. The highest BCUT2D eigenvalue weighted by molar-refractivity contribution is 6.17. The van der Waals surface area contributed by atoms with Gasteiger partial charge in [0.15, 0.2) is 0 Å². The molecular weight excluding hydrogens is 648 g/mol. The molecular formula is C42H71ClN2O5+2. The van der Waals surface area contributed by atoms with Crippen molar-refractivity contribution in [1.82, 2.24) is 0 Å². The van der Waals surface area contributed by atoms with E-state index in [1.807, 2.05) is 24.3 Å². The number of quaternary nitrogens is 2. The minimum atomic E-state index is 0.116. The molecule has 7 nitrogen and oxygen atoms in total. The Labute approximate surface area is 311 Å². The summed E-state index contributed by atoms with van der Waals surface area (Å²) < 4.78 is 31.3. The van der Waals surface area contributed by atoms with Gasteiger partial charge in [-0.05, 0) is 63.0 Å². The number of likely N-dealkylation sites (N-methyl/N-ethyl adjacent to an activating group) is 1. The van der Waals surface area contributed by atoms with Gasteiger partial charge in [0.05, 0.1) is 92.8 Å². The predicted octanol–water partition coefficient (Wildman–Crippen LogP) is 9.01. The van der Waals surface area contributed by atoms with Gasteiger partial charge in [0, 0.05) is 12.8 Å². The second-order valence-electron chi connectivity index (χ2n) is 14.9. The highest BCUT2D eigenvalue weighted by atomic mass is 35.5. The molecule has 0 radical (unpaired) electrons. The van der Waals surface area contributed by atoms with Crippen LogP contribution in [0.2, 0.25) is 0 Å². The van der Waals surface area contributed by atoms with Gasteiger partial charge >= 0.3 is 0 Å². The molecule has 2 rings (SSSR count). The standard InChI is InChI=1S/C37H58NO5.C5H13ClN/c1-6-36(42-28-25-38(3,4)5)20-14-22-37(43-32-30-40-27-24-35-18-11-8-12-19-35)21-13-15-33(2)41-31-29-39-26-23-34-16-9-7-10-17-34;1-7(2,3)5-4-6/h7-12,16-19,29-33,36-37H,6,13-15,20-28H2,1-5H3;4-5H2,1-3H3/q2*+1/b31-29-,32-30+;. The predicted molar refractivity (Wildman–Crippen MR) is 210 cm³/mol. The van der Waals surface area contributed by atoms with Crippen LogP contribution >= 0.6 is 11.6 Å². The number of rotatable bonds is 27. The SMILES string of the molecule is CCC(CCCC(CCCC(C)O/C=C\OCCc1ccccc1)O/C=C/OCCc1ccccc1)OCC[N+](C)(C)C.C[N+](C)(C)CCCl. The molecule has 0 spiro atoms. The molecule has 0 fully saturated rings. The first kappa shape index (κ1) is 45.3. The molecule has 2 aromatic carbocycles. The van der Waals surface area contributed by atoms with E-state index in [2.05, 4.69) is 92.5 Å². The molecule has 3 atom stereocenters. The van der Waals surface area contributed by atoms with E-state index in [0.29, 0.717) is 19.3 Å². The Hall–Kier alpha value is -2.71. The zero-order valence-electron chi connectivity index (χ0n) is 32.7. The van der Waals surface area contributed by atoms with Crippen molar-refractivity contribution in [2.24, 2.45) is 0 Å². The highest BCUT2D eigenvalue weighted by Crippen LogP contribution is 2.18. The molecule has 0 aliphatic carbocycles. The van der Waals surface area contributed by atoms with Crippen LogP contribution in [0.5, 0.6) is 0 Å². The van der Waals surface area contributed by atoms with Gasteiger partial charge in [0.2, 0.25) is 0 Å². The van der Waals surface area contributed by atoms with Crippen LogP contribution in [-0.2, 0) is 36.5 Å². The van der Waals surface area contributed by atoms with Gasteiger partial charge in [-0.1, -0.05) is 67.6 Å². The van der Waals surface area contributed by atoms with Crippen LogP contribution in [0.1, 0.15) is 69.9 Å². The number of nitrogens with zero attached hydrogens (tertiary/aromatic N) is 2. The number of ether oxygens (including phenoxy) is 5. The summed E-state index contributed by atoms with van der Waals surface area (Å²) in [7, 11) is 13.0. The third-order valence-electron chi connectivity index (χ3n) is 8.10. The molecule has 0 N–H and O–H groups in total. The maximum absolute atomic E-state index is 6.18. The van der Waals surface area contributed by atoms with Crippen LogP contribution in [-0.4, -0.2) is 108 Å². The molecule has 0 amide bonds. The highest BCUT2D eigenvalue weighted by Gasteiger charge is 2.14. The first-order valence-corrected chi connectivity index (χ1v) is 19.2. The van der Waals surface area contributed by atoms with E-state index in [0.717, 1.165) is 92.3 Å². The van der Waals surface area contributed by atoms with E-state index in [4.69, 9.17) is 35.3 Å². The second kappa shape index (κ2) is 27.9. The van der Waals surface area contributed by atoms with Crippen LogP contribution in [0, 0.1) is 0 Å². The quantitative estimate of drug-likeness (QED) is 0.0400. The lowest BCUT2D eigenvalue weighted by Crippen LogP contribution is -2.38. The molecule has 284 valence electrons. The van der Waals surface area contributed by atoms with Crippen LogP contribution < -0.4 is 0 Å². The normalized spacial score (nSPS) is 13.8. The molecule has 0 aliphatic rings. The van der Waals surface area contributed by atoms with Gasteiger partial charge < -0.3 is 32.7 Å². The van der Waals surface area contributed by atoms with Crippen LogP contribution in [0.15, 0.2) is 85.7 Å². The molecule has 3 unspecified atom stereocenters. The Kier molecular flexibility index (Phi) is 25.3. The average Bonchev–Trinajstić information content (AvgIpc) is 3.07. The largest absolute Gasteiger partial charge is 0.498 e. The summed E-state index contributed by atoms with van der Waals surface area (Å²) in [5.41, 5.74) is 2.54. The lowest BCUT2D eigenvalue weighted by molar-refractivity contribution is -0.870. The molecule has 0 heterocycles. The van der Waals surface area contributed by atoms with E-state index in [1.54, 1.807) is 25.0 Å². The Morgan fingerprint density at radius 2 is 1.08 bits per heavy atom. The van der Waals surface area contributed by atoms with Gasteiger partial charge in [-0.3, -0.25) is 0 Å². The Balaban J connectivity index is 0.00000161. The van der Waals surface area contributed by atoms with Gasteiger partial charge in [0.25, 0.3) is 0 Å². The molecule has 0 saturated carbocycles. The zero-order valence-corrected chi connectivity index (χ0v) is 33.5. The van der Waals surface area contributed by atoms with Crippen LogP contribution in [0.3, 0.4) is 0 Å². The lowest BCUT2D eigenvalue weighted by Gasteiger charge is -2.25. The summed E-state index contributed by atoms with van der Waals surface area (Å²) in [6, 6.07) is 20.7. The van der Waals surface area contributed by atoms with Crippen LogP contribution in [0.25, 0.3) is 0 Å². The van der Waals surface area contributed by atoms with Crippen molar-refractivity contribution >= 4 is 11.6 Å². The maximum atomic E-state index is 6.18. The molecule has 2 aromatic rings. The van der Waals surface area contributed by atoms with Crippen molar-refractivity contribution in [2.75, 3.05) is 81.1 Å². The van der Waals surface area contributed by atoms with E-state index in [9.17, 15) is 0 Å². The number of hydrogen-bond donors (Lipinski definition) is 0. The number of hydrogen-bond acceptors (Lipinski definition) is 5. The minimum absolute atomic E-state index is 0.116. The fraction of sp³-hybridized carbons (Fsp3) is 0.619. The topological polar surface area (TPSA) is 46.2 Å². The van der Waals surface area contributed by atoms with Crippen molar-refractivity contribution in [3.8, 4) is 0 Å². The number of alkyl halides is 1. The van der Waals surface area contributed by atoms with E-state index in [-0.39, 0.29) is 12.2 Å². The fourth-order valence-electron chi connectivity index (χ4n) is 4.87.